The van der Waals surface area contributed by atoms with Crippen molar-refractivity contribution in [1.29, 1.82) is 5.26 Å². The molecule has 1 fully saturated rings. The predicted molar refractivity (Wildman–Crippen MR) is 112 cm³/mol. The molecular weight excluding hydrogens is 402 g/mol. The Morgan fingerprint density at radius 3 is 2.97 bits per heavy atom. The molecule has 8 heteroatoms. The largest absolute Gasteiger partial charge is 0.381 e. The van der Waals surface area contributed by atoms with Gasteiger partial charge in [0.25, 0.3) is 0 Å². The number of fused-ring (bicyclic) bond motifs is 1. The Morgan fingerprint density at radius 2 is 2.20 bits per heavy atom. The SMILES string of the molecule is N#Cc1ccc(CNC(=O)N2CCc3cnc(CC4CCOCC4)nc3C2)cc1Cl. The lowest BCUT2D eigenvalue weighted by Gasteiger charge is -2.28. The summed E-state index contributed by atoms with van der Waals surface area (Å²) in [6, 6.07) is 7.07. The highest BCUT2D eigenvalue weighted by Crippen LogP contribution is 2.21. The summed E-state index contributed by atoms with van der Waals surface area (Å²) in [5, 5.41) is 12.3. The Labute approximate surface area is 181 Å². The summed E-state index contributed by atoms with van der Waals surface area (Å²) in [6.07, 6.45) is 5.64. The van der Waals surface area contributed by atoms with Crippen molar-refractivity contribution in [2.45, 2.75) is 38.8 Å². The van der Waals surface area contributed by atoms with Crippen molar-refractivity contribution in [3.05, 3.63) is 57.6 Å². The first-order valence-electron chi connectivity index (χ1n) is 10.2. The van der Waals surface area contributed by atoms with Gasteiger partial charge in [0.15, 0.2) is 0 Å². The maximum atomic E-state index is 12.7. The number of hydrogen-bond donors (Lipinski definition) is 1. The molecule has 2 aliphatic heterocycles. The molecule has 1 aromatic heterocycles. The molecule has 2 aliphatic rings. The van der Waals surface area contributed by atoms with Crippen LogP contribution in [0.1, 0.15) is 41.1 Å². The second kappa shape index (κ2) is 9.41. The van der Waals surface area contributed by atoms with E-state index >= 15 is 0 Å². The number of hydrogen-bond acceptors (Lipinski definition) is 5. The smallest absolute Gasteiger partial charge is 0.318 e. The number of carbonyl (C=O) groups excluding carboxylic acids is 1. The second-order valence-electron chi connectivity index (χ2n) is 7.77. The first-order chi connectivity index (χ1) is 14.6. The topological polar surface area (TPSA) is 91.1 Å². The summed E-state index contributed by atoms with van der Waals surface area (Å²) in [6.45, 7) is 3.10. The van der Waals surface area contributed by atoms with Crippen molar-refractivity contribution in [1.82, 2.24) is 20.2 Å². The van der Waals surface area contributed by atoms with Crippen LogP contribution in [-0.2, 0) is 30.7 Å². The molecule has 1 N–H and O–H groups in total. The molecule has 0 bridgehead atoms. The fourth-order valence-electron chi connectivity index (χ4n) is 3.87. The van der Waals surface area contributed by atoms with Crippen LogP contribution in [0.4, 0.5) is 4.79 Å². The first-order valence-corrected chi connectivity index (χ1v) is 10.6. The van der Waals surface area contributed by atoms with E-state index in [0.29, 0.717) is 36.1 Å². The van der Waals surface area contributed by atoms with Gasteiger partial charge in [-0.3, -0.25) is 0 Å². The van der Waals surface area contributed by atoms with Gasteiger partial charge in [0.2, 0.25) is 0 Å². The number of ether oxygens (including phenoxy) is 1. The number of carbonyl (C=O) groups is 1. The third-order valence-electron chi connectivity index (χ3n) is 5.69. The molecule has 1 aromatic carbocycles. The molecule has 4 rings (SSSR count). The Bertz CT molecular complexity index is 968. The van der Waals surface area contributed by atoms with Gasteiger partial charge < -0.3 is 15.0 Å². The molecule has 0 saturated carbocycles. The highest BCUT2D eigenvalue weighted by atomic mass is 35.5. The quantitative estimate of drug-likeness (QED) is 0.811. The molecule has 0 atom stereocenters. The third kappa shape index (κ3) is 4.89. The number of benzene rings is 1. The van der Waals surface area contributed by atoms with Crippen LogP contribution in [0.15, 0.2) is 24.4 Å². The lowest BCUT2D eigenvalue weighted by Crippen LogP contribution is -2.43. The minimum absolute atomic E-state index is 0.134. The van der Waals surface area contributed by atoms with E-state index in [9.17, 15) is 4.79 Å². The number of nitrogens with one attached hydrogen (secondary N) is 1. The predicted octanol–water partition coefficient (Wildman–Crippen LogP) is 3.24. The Hall–Kier alpha value is -2.69. The zero-order valence-corrected chi connectivity index (χ0v) is 17.5. The number of nitriles is 1. The molecule has 0 radical (unpaired) electrons. The van der Waals surface area contributed by atoms with Crippen molar-refractivity contribution in [2.75, 3.05) is 19.8 Å². The summed E-state index contributed by atoms with van der Waals surface area (Å²) in [5.41, 5.74) is 3.34. The fourth-order valence-corrected chi connectivity index (χ4v) is 4.12. The monoisotopic (exact) mass is 425 g/mol. The molecular formula is C22H24ClN5O2. The average molecular weight is 426 g/mol. The van der Waals surface area contributed by atoms with E-state index in [-0.39, 0.29) is 6.03 Å². The van der Waals surface area contributed by atoms with Gasteiger partial charge in [0, 0.05) is 38.9 Å². The molecule has 2 amide bonds. The van der Waals surface area contributed by atoms with Crippen LogP contribution in [0.5, 0.6) is 0 Å². The summed E-state index contributed by atoms with van der Waals surface area (Å²) in [5.74, 6) is 1.43. The van der Waals surface area contributed by atoms with E-state index in [4.69, 9.17) is 26.6 Å². The van der Waals surface area contributed by atoms with Crippen LogP contribution >= 0.6 is 11.6 Å². The molecule has 1 saturated heterocycles. The molecule has 0 spiro atoms. The molecule has 0 aliphatic carbocycles. The van der Waals surface area contributed by atoms with Crippen LogP contribution in [0.2, 0.25) is 5.02 Å². The summed E-state index contributed by atoms with van der Waals surface area (Å²) in [4.78, 5) is 23.8. The number of rotatable bonds is 4. The number of nitrogens with zero attached hydrogens (tertiary/aromatic N) is 4. The zero-order valence-electron chi connectivity index (χ0n) is 16.7. The Kier molecular flexibility index (Phi) is 6.46. The molecule has 30 heavy (non-hydrogen) atoms. The lowest BCUT2D eigenvalue weighted by atomic mass is 9.96. The summed E-state index contributed by atoms with van der Waals surface area (Å²) in [7, 11) is 0. The Balaban J connectivity index is 1.35. The van der Waals surface area contributed by atoms with Gasteiger partial charge in [0.05, 0.1) is 22.8 Å². The van der Waals surface area contributed by atoms with Gasteiger partial charge in [-0.05, 0) is 48.4 Å². The lowest BCUT2D eigenvalue weighted by molar-refractivity contribution is 0.0659. The van der Waals surface area contributed by atoms with Crippen molar-refractivity contribution < 1.29 is 9.53 Å². The molecule has 0 unspecified atom stereocenters. The number of aromatic nitrogens is 2. The van der Waals surface area contributed by atoms with E-state index in [0.717, 1.165) is 61.5 Å². The van der Waals surface area contributed by atoms with Gasteiger partial charge in [-0.1, -0.05) is 17.7 Å². The highest BCUT2D eigenvalue weighted by Gasteiger charge is 2.23. The minimum atomic E-state index is -0.134. The normalized spacial score (nSPS) is 16.6. The van der Waals surface area contributed by atoms with Crippen LogP contribution in [0, 0.1) is 17.2 Å². The number of halogens is 1. The van der Waals surface area contributed by atoms with Crippen LogP contribution in [0.25, 0.3) is 0 Å². The standard InChI is InChI=1S/C22H24ClN5O2/c23-19-9-16(1-2-17(19)11-24)12-26-22(29)28-6-3-18-13-25-21(27-20(18)14-28)10-15-4-7-30-8-5-15/h1-2,9,13,15H,3-8,10,12,14H2,(H,26,29). The van der Waals surface area contributed by atoms with Crippen molar-refractivity contribution in [3.63, 3.8) is 0 Å². The van der Waals surface area contributed by atoms with E-state index in [1.165, 1.54) is 0 Å². The second-order valence-corrected chi connectivity index (χ2v) is 8.18. The van der Waals surface area contributed by atoms with E-state index < -0.39 is 0 Å². The van der Waals surface area contributed by atoms with Gasteiger partial charge in [-0.15, -0.1) is 0 Å². The van der Waals surface area contributed by atoms with Crippen LogP contribution < -0.4 is 5.32 Å². The van der Waals surface area contributed by atoms with Crippen LogP contribution in [0.3, 0.4) is 0 Å². The van der Waals surface area contributed by atoms with Crippen molar-refractivity contribution in [3.8, 4) is 6.07 Å². The highest BCUT2D eigenvalue weighted by molar-refractivity contribution is 6.31. The van der Waals surface area contributed by atoms with Gasteiger partial charge in [-0.2, -0.15) is 5.26 Å². The third-order valence-corrected chi connectivity index (χ3v) is 6.01. The van der Waals surface area contributed by atoms with Gasteiger partial charge in [-0.25, -0.2) is 14.8 Å². The molecule has 7 nitrogen and oxygen atoms in total. The number of amides is 2. The molecule has 3 heterocycles. The minimum Gasteiger partial charge on any atom is -0.381 e. The molecule has 156 valence electrons. The van der Waals surface area contributed by atoms with Gasteiger partial charge >= 0.3 is 6.03 Å². The molecule has 2 aromatic rings. The summed E-state index contributed by atoms with van der Waals surface area (Å²) < 4.78 is 5.43. The average Bonchev–Trinajstić information content (AvgIpc) is 2.77. The van der Waals surface area contributed by atoms with E-state index in [1.54, 1.807) is 23.1 Å². The zero-order chi connectivity index (χ0) is 20.9. The van der Waals surface area contributed by atoms with Gasteiger partial charge in [0.1, 0.15) is 11.9 Å². The maximum Gasteiger partial charge on any atom is 0.318 e. The first kappa shape index (κ1) is 20.6. The van der Waals surface area contributed by atoms with Crippen molar-refractivity contribution in [2.24, 2.45) is 5.92 Å². The van der Waals surface area contributed by atoms with Crippen molar-refractivity contribution >= 4 is 17.6 Å². The summed E-state index contributed by atoms with van der Waals surface area (Å²) >= 11 is 6.07. The van der Waals surface area contributed by atoms with E-state index in [2.05, 4.69) is 10.3 Å². The Morgan fingerprint density at radius 1 is 1.37 bits per heavy atom. The number of urea groups is 1. The van der Waals surface area contributed by atoms with Crippen LogP contribution in [-0.4, -0.2) is 40.7 Å². The van der Waals surface area contributed by atoms with E-state index in [1.807, 2.05) is 12.3 Å². The fraction of sp³-hybridized carbons (Fsp3) is 0.455. The maximum absolute atomic E-state index is 12.7.